The molecule has 1 amide bonds. The van der Waals surface area contributed by atoms with Crippen LogP contribution in [0.4, 0.5) is 0 Å². The van der Waals surface area contributed by atoms with Crippen LogP contribution in [-0.4, -0.2) is 22.2 Å². The first kappa shape index (κ1) is 9.15. The molecule has 2 aromatic rings. The van der Waals surface area contributed by atoms with E-state index >= 15 is 0 Å². The molecule has 0 unspecified atom stereocenters. The largest absolute Gasteiger partial charge is 0.349 e. The van der Waals surface area contributed by atoms with Crippen LogP contribution in [0.5, 0.6) is 0 Å². The van der Waals surface area contributed by atoms with Crippen molar-refractivity contribution in [1.82, 2.24) is 15.1 Å². The summed E-state index contributed by atoms with van der Waals surface area (Å²) in [6.07, 6.45) is 1.76. The van der Waals surface area contributed by atoms with Crippen LogP contribution < -0.4 is 5.32 Å². The lowest BCUT2D eigenvalue weighted by Crippen LogP contribution is -2.35. The Bertz CT molecular complexity index is 530. The molecule has 0 saturated carbocycles. The summed E-state index contributed by atoms with van der Waals surface area (Å²) in [5.74, 6) is -0.0393. The minimum Gasteiger partial charge on any atom is -0.349 e. The summed E-state index contributed by atoms with van der Waals surface area (Å²) < 4.78 is 1.77. The van der Waals surface area contributed by atoms with E-state index in [-0.39, 0.29) is 5.91 Å². The molecule has 16 heavy (non-hydrogen) atoms. The van der Waals surface area contributed by atoms with E-state index in [1.165, 1.54) is 0 Å². The second kappa shape index (κ2) is 3.48. The fourth-order valence-corrected chi connectivity index (χ4v) is 1.98. The minimum atomic E-state index is -0.0393. The zero-order valence-corrected chi connectivity index (χ0v) is 8.68. The van der Waals surface area contributed by atoms with Crippen molar-refractivity contribution < 1.29 is 4.79 Å². The van der Waals surface area contributed by atoms with Gasteiger partial charge in [0.05, 0.1) is 12.7 Å². The van der Waals surface area contributed by atoms with Gasteiger partial charge in [-0.1, -0.05) is 30.3 Å². The van der Waals surface area contributed by atoms with Crippen LogP contribution in [0.15, 0.2) is 36.5 Å². The van der Waals surface area contributed by atoms with Gasteiger partial charge in [0.2, 0.25) is 0 Å². The van der Waals surface area contributed by atoms with Gasteiger partial charge in [-0.25, -0.2) is 0 Å². The molecule has 3 rings (SSSR count). The molecule has 1 aliphatic heterocycles. The highest BCUT2D eigenvalue weighted by atomic mass is 16.2. The molecule has 4 heteroatoms. The zero-order valence-electron chi connectivity index (χ0n) is 8.68. The minimum absolute atomic E-state index is 0.0393. The topological polar surface area (TPSA) is 46.9 Å². The van der Waals surface area contributed by atoms with Crippen molar-refractivity contribution >= 4 is 5.91 Å². The average molecular weight is 213 g/mol. The van der Waals surface area contributed by atoms with Crippen LogP contribution in [0.3, 0.4) is 0 Å². The molecule has 0 fully saturated rings. The molecular formula is C12H11N3O. The summed E-state index contributed by atoms with van der Waals surface area (Å²) in [7, 11) is 0. The standard InChI is InChI=1S/C12H11N3O/c16-12-11-10(9-4-2-1-3-5-9)8-14-15(11)7-6-13-12/h1-5,8H,6-7H2,(H,13,16). The molecule has 1 aromatic carbocycles. The van der Waals surface area contributed by atoms with Gasteiger partial charge in [-0.2, -0.15) is 5.10 Å². The maximum atomic E-state index is 11.8. The molecule has 2 heterocycles. The fourth-order valence-electron chi connectivity index (χ4n) is 1.98. The van der Waals surface area contributed by atoms with E-state index in [1.807, 2.05) is 30.3 Å². The first-order valence-corrected chi connectivity index (χ1v) is 5.26. The van der Waals surface area contributed by atoms with Crippen molar-refractivity contribution in [2.45, 2.75) is 6.54 Å². The van der Waals surface area contributed by atoms with Gasteiger partial charge in [0, 0.05) is 12.1 Å². The molecule has 0 bridgehead atoms. The number of aromatic nitrogens is 2. The van der Waals surface area contributed by atoms with Crippen LogP contribution in [-0.2, 0) is 6.54 Å². The smallest absolute Gasteiger partial charge is 0.270 e. The Labute approximate surface area is 92.9 Å². The highest BCUT2D eigenvalue weighted by molar-refractivity contribution is 5.99. The van der Waals surface area contributed by atoms with Gasteiger partial charge in [0.15, 0.2) is 0 Å². The zero-order chi connectivity index (χ0) is 11.0. The maximum absolute atomic E-state index is 11.8. The molecule has 1 aromatic heterocycles. The summed E-state index contributed by atoms with van der Waals surface area (Å²) in [6, 6.07) is 9.85. The molecule has 0 spiro atoms. The Morgan fingerprint density at radius 3 is 2.88 bits per heavy atom. The highest BCUT2D eigenvalue weighted by Crippen LogP contribution is 2.24. The summed E-state index contributed by atoms with van der Waals surface area (Å²) in [5.41, 5.74) is 2.59. The number of hydrogen-bond donors (Lipinski definition) is 1. The van der Waals surface area contributed by atoms with Crippen molar-refractivity contribution in [2.75, 3.05) is 6.54 Å². The number of nitrogens with zero attached hydrogens (tertiary/aromatic N) is 2. The second-order valence-electron chi connectivity index (χ2n) is 3.75. The highest BCUT2D eigenvalue weighted by Gasteiger charge is 2.22. The van der Waals surface area contributed by atoms with E-state index in [1.54, 1.807) is 10.9 Å². The van der Waals surface area contributed by atoms with Gasteiger partial charge in [-0.15, -0.1) is 0 Å². The number of amides is 1. The summed E-state index contributed by atoms with van der Waals surface area (Å²) >= 11 is 0. The van der Waals surface area contributed by atoms with Gasteiger partial charge in [-0.05, 0) is 5.56 Å². The molecule has 80 valence electrons. The third kappa shape index (κ3) is 1.31. The second-order valence-corrected chi connectivity index (χ2v) is 3.75. The van der Waals surface area contributed by atoms with Crippen LogP contribution in [0.2, 0.25) is 0 Å². The van der Waals surface area contributed by atoms with E-state index in [2.05, 4.69) is 10.4 Å². The SMILES string of the molecule is O=C1NCCn2ncc(-c3ccccc3)c21. The van der Waals surface area contributed by atoms with Crippen LogP contribution in [0.25, 0.3) is 11.1 Å². The number of rotatable bonds is 1. The first-order chi connectivity index (χ1) is 7.86. The Morgan fingerprint density at radius 2 is 2.06 bits per heavy atom. The lowest BCUT2D eigenvalue weighted by atomic mass is 10.1. The predicted octanol–water partition coefficient (Wildman–Crippen LogP) is 1.29. The molecule has 1 aliphatic rings. The monoisotopic (exact) mass is 213 g/mol. The molecule has 4 nitrogen and oxygen atoms in total. The lowest BCUT2D eigenvalue weighted by Gasteiger charge is -2.15. The number of hydrogen-bond acceptors (Lipinski definition) is 2. The van der Waals surface area contributed by atoms with Gasteiger partial charge in [0.1, 0.15) is 5.69 Å². The molecule has 0 aliphatic carbocycles. The van der Waals surface area contributed by atoms with Gasteiger partial charge < -0.3 is 5.32 Å². The van der Waals surface area contributed by atoms with Crippen molar-refractivity contribution in [3.05, 3.63) is 42.2 Å². The van der Waals surface area contributed by atoms with Crippen molar-refractivity contribution in [3.8, 4) is 11.1 Å². The number of carbonyl (C=O) groups is 1. The van der Waals surface area contributed by atoms with Gasteiger partial charge in [-0.3, -0.25) is 9.48 Å². The van der Waals surface area contributed by atoms with Crippen LogP contribution >= 0.6 is 0 Å². The number of nitrogens with one attached hydrogen (secondary N) is 1. The van der Waals surface area contributed by atoms with E-state index in [0.717, 1.165) is 17.7 Å². The third-order valence-electron chi connectivity index (χ3n) is 2.75. The third-order valence-corrected chi connectivity index (χ3v) is 2.75. The van der Waals surface area contributed by atoms with Crippen LogP contribution in [0.1, 0.15) is 10.5 Å². The number of carbonyl (C=O) groups excluding carboxylic acids is 1. The Morgan fingerprint density at radius 1 is 1.25 bits per heavy atom. The van der Waals surface area contributed by atoms with Gasteiger partial charge in [0.25, 0.3) is 5.91 Å². The summed E-state index contributed by atoms with van der Waals surface area (Å²) in [6.45, 7) is 1.40. The maximum Gasteiger partial charge on any atom is 0.270 e. The number of fused-ring (bicyclic) bond motifs is 1. The molecular weight excluding hydrogens is 202 g/mol. The molecule has 0 atom stereocenters. The molecule has 0 saturated heterocycles. The van der Waals surface area contributed by atoms with E-state index in [4.69, 9.17) is 0 Å². The van der Waals surface area contributed by atoms with E-state index < -0.39 is 0 Å². The fraction of sp³-hybridized carbons (Fsp3) is 0.167. The lowest BCUT2D eigenvalue weighted by molar-refractivity contribution is 0.0925. The van der Waals surface area contributed by atoms with Crippen molar-refractivity contribution in [2.24, 2.45) is 0 Å². The van der Waals surface area contributed by atoms with Gasteiger partial charge >= 0.3 is 0 Å². The van der Waals surface area contributed by atoms with E-state index in [0.29, 0.717) is 12.2 Å². The predicted molar refractivity (Wildman–Crippen MR) is 60.0 cm³/mol. The van der Waals surface area contributed by atoms with Crippen molar-refractivity contribution in [1.29, 1.82) is 0 Å². The summed E-state index contributed by atoms with van der Waals surface area (Å²) in [5, 5.41) is 7.07. The Kier molecular flexibility index (Phi) is 1.99. The van der Waals surface area contributed by atoms with Crippen LogP contribution in [0, 0.1) is 0 Å². The quantitative estimate of drug-likeness (QED) is 0.776. The van der Waals surface area contributed by atoms with E-state index in [9.17, 15) is 4.79 Å². The molecule has 0 radical (unpaired) electrons. The van der Waals surface area contributed by atoms with Crippen molar-refractivity contribution in [3.63, 3.8) is 0 Å². The number of benzene rings is 1. The summed E-state index contributed by atoms with van der Waals surface area (Å²) in [4.78, 5) is 11.8. The average Bonchev–Trinajstić information content (AvgIpc) is 2.75. The Hall–Kier alpha value is -2.10. The normalized spacial score (nSPS) is 14.4. The first-order valence-electron chi connectivity index (χ1n) is 5.26. The molecule has 1 N–H and O–H groups in total. The Balaban J connectivity index is 2.16.